The van der Waals surface area contributed by atoms with E-state index in [4.69, 9.17) is 16.3 Å². The van der Waals surface area contributed by atoms with Crippen LogP contribution in [0.25, 0.3) is 0 Å². The van der Waals surface area contributed by atoms with E-state index in [2.05, 4.69) is 41.9 Å². The minimum atomic E-state index is -1.44. The van der Waals surface area contributed by atoms with Crippen molar-refractivity contribution in [2.24, 2.45) is 23.7 Å². The highest BCUT2D eigenvalue weighted by Gasteiger charge is 2.39. The first-order chi connectivity index (χ1) is 20.8. The Balaban J connectivity index is 1.51. The molecule has 1 saturated carbocycles. The van der Waals surface area contributed by atoms with Crippen LogP contribution in [0.1, 0.15) is 93.1 Å². The molecule has 3 aliphatic rings. The average Bonchev–Trinajstić information content (AvgIpc) is 3.16. The fraction of sp³-hybridized carbons (Fsp3) is 0.629. The van der Waals surface area contributed by atoms with Gasteiger partial charge in [-0.25, -0.2) is 4.21 Å². The summed E-state index contributed by atoms with van der Waals surface area (Å²) in [5.41, 5.74) is 4.12. The van der Waals surface area contributed by atoms with Gasteiger partial charge in [-0.3, -0.25) is 9.52 Å². The molecule has 0 saturated heterocycles. The van der Waals surface area contributed by atoms with Gasteiger partial charge in [-0.15, -0.1) is 0 Å². The maximum absolute atomic E-state index is 13.4. The second-order valence-corrected chi connectivity index (χ2v) is 16.0. The first-order valence-corrected chi connectivity index (χ1v) is 19.3. The molecule has 5 rings (SSSR count). The van der Waals surface area contributed by atoms with Crippen molar-refractivity contribution in [3.8, 4) is 5.75 Å². The van der Waals surface area contributed by atoms with Crippen molar-refractivity contribution in [3.05, 3.63) is 58.1 Å². The molecule has 1 amide bonds. The molecule has 7 unspecified atom stereocenters. The third-order valence-electron chi connectivity index (χ3n) is 10.3. The number of hydrogen-bond acceptors (Lipinski definition) is 5. The number of nitrogens with one attached hydrogen (secondary N) is 1. The fourth-order valence-electron chi connectivity index (χ4n) is 7.41. The fourth-order valence-corrected chi connectivity index (χ4v) is 9.19. The number of anilines is 1. The van der Waals surface area contributed by atoms with Crippen LogP contribution in [0.3, 0.4) is 0 Å². The molecule has 1 N–H and O–H groups in total. The van der Waals surface area contributed by atoms with Gasteiger partial charge < -0.3 is 9.64 Å². The second kappa shape index (κ2) is 15.1. The monoisotopic (exact) mass is 644 g/mol. The summed E-state index contributed by atoms with van der Waals surface area (Å²) in [5.74, 6) is 4.31. The number of benzene rings is 2. The van der Waals surface area contributed by atoms with E-state index in [0.29, 0.717) is 18.1 Å². The SMILES string of the molecule is CCCc1cc(Cl)ccc1C1COc2ccc3cc2N(C1)CC1CCC1C(CCSC)CCCC(C)C(C)S(=O)NC3=O. The zero-order valence-electron chi connectivity index (χ0n) is 26.3. The zero-order valence-corrected chi connectivity index (χ0v) is 28.7. The van der Waals surface area contributed by atoms with E-state index in [-0.39, 0.29) is 23.0 Å². The molecule has 2 aromatic carbocycles. The quantitative estimate of drug-likeness (QED) is 0.343. The minimum absolute atomic E-state index is 0.101. The minimum Gasteiger partial charge on any atom is -0.491 e. The van der Waals surface area contributed by atoms with Crippen molar-refractivity contribution in [2.75, 3.05) is 36.6 Å². The normalized spacial score (nSPS) is 29.9. The maximum Gasteiger partial charge on any atom is 0.263 e. The largest absolute Gasteiger partial charge is 0.491 e. The van der Waals surface area contributed by atoms with Crippen LogP contribution in [-0.2, 0) is 17.4 Å². The molecule has 1 aliphatic carbocycles. The summed E-state index contributed by atoms with van der Waals surface area (Å²) >= 11 is 8.40. The molecule has 0 spiro atoms. The van der Waals surface area contributed by atoms with E-state index >= 15 is 0 Å². The molecule has 5 nitrogen and oxygen atoms in total. The van der Waals surface area contributed by atoms with Gasteiger partial charge in [0.15, 0.2) is 0 Å². The van der Waals surface area contributed by atoms with Crippen LogP contribution in [0.4, 0.5) is 5.69 Å². The molecule has 2 aliphatic heterocycles. The van der Waals surface area contributed by atoms with Crippen LogP contribution in [0.5, 0.6) is 5.75 Å². The molecule has 2 heterocycles. The first-order valence-electron chi connectivity index (χ1n) is 16.3. The number of carbonyl (C=O) groups excluding carboxylic acids is 1. The van der Waals surface area contributed by atoms with Gasteiger partial charge in [0.25, 0.3) is 5.91 Å². The lowest BCUT2D eigenvalue weighted by molar-refractivity contribution is 0.0970. The Hall–Kier alpha value is -1.70. The Morgan fingerprint density at radius 3 is 2.67 bits per heavy atom. The summed E-state index contributed by atoms with van der Waals surface area (Å²) in [6, 6.07) is 12.0. The van der Waals surface area contributed by atoms with Gasteiger partial charge in [-0.2, -0.15) is 11.8 Å². The Morgan fingerprint density at radius 2 is 1.93 bits per heavy atom. The molecular weight excluding hydrogens is 596 g/mol. The third kappa shape index (κ3) is 7.76. The predicted molar refractivity (Wildman–Crippen MR) is 183 cm³/mol. The van der Waals surface area contributed by atoms with Gasteiger partial charge in [0.2, 0.25) is 0 Å². The first kappa shape index (κ1) is 32.7. The molecule has 2 aromatic rings. The summed E-state index contributed by atoms with van der Waals surface area (Å²) < 4.78 is 22.6. The topological polar surface area (TPSA) is 58.6 Å². The number of ether oxygens (including phenoxy) is 1. The molecule has 43 heavy (non-hydrogen) atoms. The number of nitrogens with zero attached hydrogens (tertiary/aromatic N) is 1. The van der Waals surface area contributed by atoms with E-state index in [0.717, 1.165) is 67.1 Å². The zero-order chi connectivity index (χ0) is 30.5. The Kier molecular flexibility index (Phi) is 11.4. The van der Waals surface area contributed by atoms with E-state index < -0.39 is 11.0 Å². The highest BCUT2D eigenvalue weighted by Crippen LogP contribution is 2.46. The van der Waals surface area contributed by atoms with Crippen LogP contribution in [0.2, 0.25) is 5.02 Å². The van der Waals surface area contributed by atoms with Crippen molar-refractivity contribution in [2.45, 2.75) is 83.3 Å². The van der Waals surface area contributed by atoms with Gasteiger partial charge in [-0.05, 0) is 116 Å². The van der Waals surface area contributed by atoms with Gasteiger partial charge in [-0.1, -0.05) is 50.8 Å². The molecule has 7 atom stereocenters. The van der Waals surface area contributed by atoms with Crippen molar-refractivity contribution in [1.29, 1.82) is 0 Å². The lowest BCUT2D eigenvalue weighted by Gasteiger charge is -2.45. The lowest BCUT2D eigenvalue weighted by atomic mass is 9.64. The number of hydrogen-bond donors (Lipinski definition) is 1. The van der Waals surface area contributed by atoms with Crippen molar-refractivity contribution in [3.63, 3.8) is 0 Å². The van der Waals surface area contributed by atoms with Crippen LogP contribution < -0.4 is 14.4 Å². The predicted octanol–water partition coefficient (Wildman–Crippen LogP) is 8.27. The standard InChI is InChI=1S/C35H49ClN2O3S2/c1-5-7-26-18-30(36)12-14-32(26)29-21-38-20-28-10-13-31(28)25(16-17-42-4)9-6-8-23(2)24(3)43(40)37-35(39)27-11-15-34(41-22-29)33(38)19-27/h11-12,14-15,18-19,23-25,28-29,31H,5-10,13,16-17,20-22H2,1-4H3,(H,37,39). The van der Waals surface area contributed by atoms with Crippen LogP contribution in [-0.4, -0.2) is 47.1 Å². The van der Waals surface area contributed by atoms with Gasteiger partial charge in [0, 0.05) is 29.6 Å². The smallest absolute Gasteiger partial charge is 0.263 e. The van der Waals surface area contributed by atoms with Crippen molar-refractivity contribution in [1.82, 2.24) is 4.72 Å². The molecule has 0 aromatic heterocycles. The van der Waals surface area contributed by atoms with E-state index in [1.807, 2.05) is 43.0 Å². The second-order valence-electron chi connectivity index (χ2n) is 13.1. The van der Waals surface area contributed by atoms with Crippen LogP contribution in [0.15, 0.2) is 36.4 Å². The summed E-state index contributed by atoms with van der Waals surface area (Å²) in [5, 5.41) is 0.677. The number of halogens is 1. The summed E-state index contributed by atoms with van der Waals surface area (Å²) in [6.45, 7) is 8.77. The highest BCUT2D eigenvalue weighted by molar-refractivity contribution is 7.98. The molecular formula is C35H49ClN2O3S2. The number of fused-ring (bicyclic) bond motifs is 2. The van der Waals surface area contributed by atoms with E-state index in [1.54, 1.807) is 0 Å². The number of rotatable bonds is 6. The Labute approximate surface area is 270 Å². The van der Waals surface area contributed by atoms with E-state index in [1.165, 1.54) is 42.6 Å². The molecule has 8 heteroatoms. The van der Waals surface area contributed by atoms with Crippen molar-refractivity contribution >= 4 is 45.9 Å². The number of thioether (sulfide) groups is 1. The van der Waals surface area contributed by atoms with Crippen LogP contribution >= 0.6 is 23.4 Å². The Morgan fingerprint density at radius 1 is 1.09 bits per heavy atom. The maximum atomic E-state index is 13.4. The van der Waals surface area contributed by atoms with E-state index in [9.17, 15) is 9.00 Å². The molecule has 1 fully saturated rings. The number of aryl methyl sites for hydroxylation is 1. The summed E-state index contributed by atoms with van der Waals surface area (Å²) in [4.78, 5) is 15.9. The molecule has 236 valence electrons. The summed E-state index contributed by atoms with van der Waals surface area (Å²) in [7, 11) is -1.44. The Bertz CT molecular complexity index is 1290. The molecule has 2 bridgehead atoms. The lowest BCUT2D eigenvalue weighted by Crippen LogP contribution is -2.43. The third-order valence-corrected chi connectivity index (χ3v) is 12.7. The molecule has 0 radical (unpaired) electrons. The van der Waals surface area contributed by atoms with Crippen LogP contribution in [0, 0.1) is 23.7 Å². The van der Waals surface area contributed by atoms with Gasteiger partial charge >= 0.3 is 0 Å². The number of carbonyl (C=O) groups is 1. The van der Waals surface area contributed by atoms with Gasteiger partial charge in [0.1, 0.15) is 16.7 Å². The average molecular weight is 645 g/mol. The summed E-state index contributed by atoms with van der Waals surface area (Å²) in [6.07, 6.45) is 11.5. The number of amides is 1. The van der Waals surface area contributed by atoms with Gasteiger partial charge in [0.05, 0.1) is 17.5 Å². The van der Waals surface area contributed by atoms with Crippen molar-refractivity contribution < 1.29 is 13.7 Å². The highest BCUT2D eigenvalue weighted by atomic mass is 35.5.